The van der Waals surface area contributed by atoms with Gasteiger partial charge in [0.2, 0.25) is 0 Å². The fourth-order valence-electron chi connectivity index (χ4n) is 13.5. The number of hydrogen-bond acceptors (Lipinski definition) is 3. The van der Waals surface area contributed by atoms with Gasteiger partial charge >= 0.3 is 6.85 Å². The van der Waals surface area contributed by atoms with Crippen LogP contribution in [-0.4, -0.2) is 11.4 Å². The topological polar surface area (TPSA) is 8.17 Å². The minimum atomic E-state index is -0.0600. The Morgan fingerprint density at radius 3 is 1.76 bits per heavy atom. The second-order valence-electron chi connectivity index (χ2n) is 24.6. The maximum Gasteiger partial charge on any atom is 0.333 e. The number of fused-ring (bicyclic) bond motifs is 18. The molecule has 2 aliphatic heterocycles. The Balaban J connectivity index is 1.25. The van der Waals surface area contributed by atoms with Gasteiger partial charge in [-0.05, 0) is 158 Å². The Morgan fingerprint density at radius 1 is 0.522 bits per heavy atom. The van der Waals surface area contributed by atoms with E-state index in [1.807, 2.05) is 22.7 Å². The van der Waals surface area contributed by atoms with Gasteiger partial charge in [0.15, 0.2) is 0 Å². The van der Waals surface area contributed by atoms with Gasteiger partial charge in [-0.3, -0.25) is 0 Å². The summed E-state index contributed by atoms with van der Waals surface area (Å²) in [5, 5.41) is 8.37. The molecule has 332 valence electrons. The van der Waals surface area contributed by atoms with Gasteiger partial charge < -0.3 is 9.38 Å². The summed E-state index contributed by atoms with van der Waals surface area (Å²) in [6, 6.07) is 44.1. The standard InChI is InChI=1S/C62H59BN2S2/c1-58(2,3)34-20-22-35(23-21-34)65-47-32-44-42(60(6,7)25-27-62(44,10)11)29-40(47)52-53-37-17-13-15-19-50(37)67-57(53)54-39-28-41-43(61(8,9)26-24-59(41,4)5)31-46(39)64-48-30-38-36-16-12-14-18-49(36)66-51(38)33-45(48)63(65)55(52)56(54)64/h12-23,28-33H,24-27H2,1-11H3. The molecule has 5 heteroatoms. The highest BCUT2D eigenvalue weighted by atomic mass is 32.1. The Hall–Kier alpha value is -5.36. The van der Waals surface area contributed by atoms with E-state index in [9.17, 15) is 0 Å². The zero-order valence-corrected chi connectivity index (χ0v) is 42.6. The van der Waals surface area contributed by atoms with Crippen LogP contribution in [0.3, 0.4) is 0 Å². The number of thiophene rings is 2. The summed E-state index contributed by atoms with van der Waals surface area (Å²) >= 11 is 3.97. The van der Waals surface area contributed by atoms with Gasteiger partial charge in [0, 0.05) is 73.7 Å². The molecular formula is C62H59BN2S2. The summed E-state index contributed by atoms with van der Waals surface area (Å²) in [4.78, 5) is 2.80. The van der Waals surface area contributed by atoms with E-state index in [1.54, 1.807) is 0 Å². The zero-order chi connectivity index (χ0) is 46.1. The molecule has 0 radical (unpaired) electrons. The van der Waals surface area contributed by atoms with Crippen LogP contribution in [-0.2, 0) is 27.1 Å². The van der Waals surface area contributed by atoms with E-state index in [4.69, 9.17) is 0 Å². The van der Waals surface area contributed by atoms with Gasteiger partial charge in [0.25, 0.3) is 0 Å². The van der Waals surface area contributed by atoms with E-state index in [1.165, 1.54) is 155 Å². The van der Waals surface area contributed by atoms with Crippen LogP contribution in [0.1, 0.15) is 130 Å². The van der Waals surface area contributed by atoms with Crippen molar-refractivity contribution in [3.63, 3.8) is 0 Å². The summed E-state index contributed by atoms with van der Waals surface area (Å²) in [6.45, 7) is 26.9. The molecule has 0 spiro atoms. The molecule has 0 bridgehead atoms. The molecule has 14 rings (SSSR count). The quantitative estimate of drug-likeness (QED) is 0.149. The van der Waals surface area contributed by atoms with Crippen molar-refractivity contribution in [1.29, 1.82) is 0 Å². The Labute approximate surface area is 403 Å². The molecule has 5 heterocycles. The highest BCUT2D eigenvalue weighted by Gasteiger charge is 2.48. The highest BCUT2D eigenvalue weighted by Crippen LogP contribution is 2.57. The molecule has 7 aromatic carbocycles. The lowest BCUT2D eigenvalue weighted by molar-refractivity contribution is 0.332. The van der Waals surface area contributed by atoms with Crippen LogP contribution in [0.2, 0.25) is 0 Å². The lowest BCUT2D eigenvalue weighted by atomic mass is 9.43. The molecule has 3 aromatic heterocycles. The number of anilines is 2. The van der Waals surface area contributed by atoms with Gasteiger partial charge in [-0.1, -0.05) is 125 Å². The van der Waals surface area contributed by atoms with Crippen LogP contribution >= 0.6 is 22.7 Å². The van der Waals surface area contributed by atoms with Crippen molar-refractivity contribution in [2.45, 2.75) is 129 Å². The summed E-state index contributed by atoms with van der Waals surface area (Å²) in [5.41, 5.74) is 20.1. The van der Waals surface area contributed by atoms with E-state index in [-0.39, 0.29) is 33.9 Å². The smallest absolute Gasteiger partial charge is 0.333 e. The average Bonchev–Trinajstić information content (AvgIpc) is 3.97. The first-order valence-electron chi connectivity index (χ1n) is 24.9. The minimum Gasteiger partial charge on any atom is -0.376 e. The maximum absolute atomic E-state index is 2.80. The molecule has 67 heavy (non-hydrogen) atoms. The molecule has 0 saturated carbocycles. The minimum absolute atomic E-state index is 0.0465. The number of rotatable bonds is 1. The van der Waals surface area contributed by atoms with Crippen LogP contribution in [0.25, 0.3) is 79.0 Å². The van der Waals surface area contributed by atoms with Crippen molar-refractivity contribution in [3.8, 4) is 16.8 Å². The van der Waals surface area contributed by atoms with E-state index in [0.29, 0.717) is 0 Å². The molecule has 0 fully saturated rings. The van der Waals surface area contributed by atoms with Crippen LogP contribution in [0.5, 0.6) is 0 Å². The van der Waals surface area contributed by atoms with Crippen LogP contribution in [0.4, 0.5) is 11.4 Å². The van der Waals surface area contributed by atoms with Gasteiger partial charge in [0.05, 0.1) is 11.0 Å². The van der Waals surface area contributed by atoms with Crippen LogP contribution in [0.15, 0.2) is 109 Å². The second kappa shape index (κ2) is 12.8. The van der Waals surface area contributed by atoms with Gasteiger partial charge in [-0.25, -0.2) is 0 Å². The Bertz CT molecular complexity index is 3860. The van der Waals surface area contributed by atoms with E-state index in [0.717, 1.165) is 0 Å². The summed E-state index contributed by atoms with van der Waals surface area (Å²) in [6.07, 6.45) is 4.73. The SMILES string of the molecule is CC(C)(C)c1ccc(N2B3c4cc5sc6ccccc6c5cc4-n4c5cc6c(cc5c5c7sc8ccccc8c7c(c3c54)-c3cc4c(cc32)C(C)(C)CCC4(C)C)C(C)(C)CCC6(C)C)cc1. The van der Waals surface area contributed by atoms with Gasteiger partial charge in [-0.15, -0.1) is 22.7 Å². The summed E-state index contributed by atoms with van der Waals surface area (Å²) in [7, 11) is 0. The third-order valence-electron chi connectivity index (χ3n) is 17.6. The lowest BCUT2D eigenvalue weighted by Crippen LogP contribution is -2.60. The number of hydrogen-bond donors (Lipinski definition) is 0. The molecule has 0 saturated heterocycles. The second-order valence-corrected chi connectivity index (χ2v) is 26.7. The average molecular weight is 907 g/mol. The van der Waals surface area contributed by atoms with Gasteiger partial charge in [0.1, 0.15) is 0 Å². The molecule has 2 nitrogen and oxygen atoms in total. The van der Waals surface area contributed by atoms with Crippen molar-refractivity contribution in [2.75, 3.05) is 4.81 Å². The molecular weight excluding hydrogens is 848 g/mol. The largest absolute Gasteiger partial charge is 0.376 e. The summed E-state index contributed by atoms with van der Waals surface area (Å²) < 4.78 is 8.30. The monoisotopic (exact) mass is 906 g/mol. The number of nitrogens with zero attached hydrogens (tertiary/aromatic N) is 2. The normalized spacial score (nSPS) is 18.6. The molecule has 10 aromatic rings. The summed E-state index contributed by atoms with van der Waals surface area (Å²) in [5.74, 6) is 0. The predicted octanol–water partition coefficient (Wildman–Crippen LogP) is 16.8. The van der Waals surface area contributed by atoms with Crippen molar-refractivity contribution in [1.82, 2.24) is 4.57 Å². The van der Waals surface area contributed by atoms with Crippen molar-refractivity contribution < 1.29 is 0 Å². The Kier molecular flexibility index (Phi) is 7.80. The number of aromatic nitrogens is 1. The van der Waals surface area contributed by atoms with Crippen LogP contribution < -0.4 is 15.7 Å². The van der Waals surface area contributed by atoms with Crippen molar-refractivity contribution >= 4 is 114 Å². The van der Waals surface area contributed by atoms with E-state index >= 15 is 0 Å². The third kappa shape index (κ3) is 5.29. The molecule has 0 N–H and O–H groups in total. The maximum atomic E-state index is 2.80. The first-order chi connectivity index (χ1) is 31.8. The van der Waals surface area contributed by atoms with Crippen molar-refractivity contribution in [3.05, 3.63) is 137 Å². The fourth-order valence-corrected chi connectivity index (χ4v) is 15.9. The number of benzene rings is 7. The first-order valence-corrected chi connectivity index (χ1v) is 26.5. The molecule has 4 aliphatic rings. The zero-order valence-electron chi connectivity index (χ0n) is 41.0. The fraction of sp³-hybridized carbons (Fsp3) is 0.323. The first kappa shape index (κ1) is 40.7. The van der Waals surface area contributed by atoms with Crippen LogP contribution in [0, 0.1) is 0 Å². The third-order valence-corrected chi connectivity index (χ3v) is 20.0. The van der Waals surface area contributed by atoms with E-state index < -0.39 is 0 Å². The molecule has 0 amide bonds. The molecule has 2 aliphatic carbocycles. The molecule has 0 unspecified atom stereocenters. The van der Waals surface area contributed by atoms with E-state index in [2.05, 4.69) is 195 Å². The highest BCUT2D eigenvalue weighted by molar-refractivity contribution is 7.27. The predicted molar refractivity (Wildman–Crippen MR) is 295 cm³/mol. The van der Waals surface area contributed by atoms with Gasteiger partial charge in [-0.2, -0.15) is 0 Å². The lowest BCUT2D eigenvalue weighted by Gasteiger charge is -2.46. The van der Waals surface area contributed by atoms with Crippen molar-refractivity contribution in [2.24, 2.45) is 0 Å². The Morgan fingerprint density at radius 2 is 1.10 bits per heavy atom. The molecule has 0 atom stereocenters.